The minimum Gasteiger partial charge on any atom is -0.508 e. The van der Waals surface area contributed by atoms with Crippen molar-refractivity contribution in [1.82, 2.24) is 4.90 Å². The standard InChI is InChI=1S/C17H27NO/c1-17(2,3)15-7-5-10-18(11-9-15)13-14-6-4-8-16(19)12-14/h4,6,8,12,15,19H,5,7,9-11,13H2,1-3H3. The minimum absolute atomic E-state index is 0.375. The van der Waals surface area contributed by atoms with E-state index in [1.807, 2.05) is 12.1 Å². The molecule has 0 spiro atoms. The predicted octanol–water partition coefficient (Wildman–Crippen LogP) is 4.04. The molecular weight excluding hydrogens is 234 g/mol. The summed E-state index contributed by atoms with van der Waals surface area (Å²) in [5.74, 6) is 1.21. The fourth-order valence-electron chi connectivity index (χ4n) is 3.09. The van der Waals surface area contributed by atoms with Crippen molar-refractivity contribution in [2.45, 2.75) is 46.6 Å². The van der Waals surface area contributed by atoms with Gasteiger partial charge in [-0.25, -0.2) is 0 Å². The molecule has 0 amide bonds. The van der Waals surface area contributed by atoms with Gasteiger partial charge in [-0.3, -0.25) is 4.90 Å². The van der Waals surface area contributed by atoms with Gasteiger partial charge in [0.25, 0.3) is 0 Å². The van der Waals surface area contributed by atoms with Crippen molar-refractivity contribution in [3.05, 3.63) is 29.8 Å². The molecule has 1 saturated heterocycles. The maximum absolute atomic E-state index is 9.53. The van der Waals surface area contributed by atoms with Gasteiger partial charge in [-0.15, -0.1) is 0 Å². The molecule has 106 valence electrons. The number of rotatable bonds is 2. The van der Waals surface area contributed by atoms with Crippen molar-refractivity contribution in [2.75, 3.05) is 13.1 Å². The molecule has 1 N–H and O–H groups in total. The lowest BCUT2D eigenvalue weighted by Gasteiger charge is -2.29. The molecule has 1 aromatic rings. The molecule has 1 aliphatic rings. The molecule has 2 rings (SSSR count). The Morgan fingerprint density at radius 3 is 2.68 bits per heavy atom. The van der Waals surface area contributed by atoms with Crippen LogP contribution in [0.15, 0.2) is 24.3 Å². The number of aromatic hydroxyl groups is 1. The van der Waals surface area contributed by atoms with E-state index in [0.29, 0.717) is 11.2 Å². The molecule has 1 heterocycles. The highest BCUT2D eigenvalue weighted by Gasteiger charge is 2.26. The second-order valence-electron chi connectivity index (χ2n) is 6.94. The van der Waals surface area contributed by atoms with Gasteiger partial charge in [0, 0.05) is 6.54 Å². The molecular formula is C17H27NO. The van der Waals surface area contributed by atoms with Gasteiger partial charge in [0.15, 0.2) is 0 Å². The first-order chi connectivity index (χ1) is 8.95. The highest BCUT2D eigenvalue weighted by atomic mass is 16.3. The third-order valence-corrected chi connectivity index (χ3v) is 4.36. The highest BCUT2D eigenvalue weighted by Crippen LogP contribution is 2.34. The second kappa shape index (κ2) is 5.96. The van der Waals surface area contributed by atoms with Crippen LogP contribution in [0.4, 0.5) is 0 Å². The monoisotopic (exact) mass is 261 g/mol. The normalized spacial score (nSPS) is 22.2. The van der Waals surface area contributed by atoms with E-state index in [0.717, 1.165) is 12.5 Å². The molecule has 1 unspecified atom stereocenters. The van der Waals surface area contributed by atoms with Crippen LogP contribution < -0.4 is 0 Å². The van der Waals surface area contributed by atoms with Gasteiger partial charge < -0.3 is 5.11 Å². The number of phenols is 1. The molecule has 0 saturated carbocycles. The number of likely N-dealkylation sites (tertiary alicyclic amines) is 1. The van der Waals surface area contributed by atoms with Crippen LogP contribution in [0.5, 0.6) is 5.75 Å². The maximum atomic E-state index is 9.53. The van der Waals surface area contributed by atoms with Gasteiger partial charge in [0.2, 0.25) is 0 Å². The van der Waals surface area contributed by atoms with E-state index in [-0.39, 0.29) is 0 Å². The van der Waals surface area contributed by atoms with E-state index in [2.05, 4.69) is 31.7 Å². The molecule has 2 heteroatoms. The van der Waals surface area contributed by atoms with E-state index in [1.54, 1.807) is 6.07 Å². The van der Waals surface area contributed by atoms with Crippen LogP contribution >= 0.6 is 0 Å². The summed E-state index contributed by atoms with van der Waals surface area (Å²) in [6.07, 6.45) is 3.93. The van der Waals surface area contributed by atoms with E-state index in [1.165, 1.54) is 37.9 Å². The third-order valence-electron chi connectivity index (χ3n) is 4.36. The van der Waals surface area contributed by atoms with E-state index >= 15 is 0 Å². The Labute approximate surface area is 117 Å². The first-order valence-electron chi connectivity index (χ1n) is 7.45. The van der Waals surface area contributed by atoms with Crippen molar-refractivity contribution in [1.29, 1.82) is 0 Å². The SMILES string of the molecule is CC(C)(C)C1CCCN(Cc2cccc(O)c2)CC1. The lowest BCUT2D eigenvalue weighted by Crippen LogP contribution is -2.26. The van der Waals surface area contributed by atoms with Crippen molar-refractivity contribution >= 4 is 0 Å². The molecule has 1 fully saturated rings. The number of benzene rings is 1. The van der Waals surface area contributed by atoms with Crippen LogP contribution in [0.2, 0.25) is 0 Å². The summed E-state index contributed by atoms with van der Waals surface area (Å²) in [7, 11) is 0. The predicted molar refractivity (Wildman–Crippen MR) is 80.2 cm³/mol. The molecule has 0 aromatic heterocycles. The van der Waals surface area contributed by atoms with Gasteiger partial charge in [-0.05, 0) is 61.4 Å². The fourth-order valence-corrected chi connectivity index (χ4v) is 3.09. The molecule has 0 bridgehead atoms. The summed E-state index contributed by atoms with van der Waals surface area (Å²) >= 11 is 0. The Morgan fingerprint density at radius 2 is 2.00 bits per heavy atom. The summed E-state index contributed by atoms with van der Waals surface area (Å²) in [4.78, 5) is 2.53. The quantitative estimate of drug-likeness (QED) is 0.868. The average Bonchev–Trinajstić information content (AvgIpc) is 2.54. The minimum atomic E-state index is 0.375. The number of nitrogens with zero attached hydrogens (tertiary/aromatic N) is 1. The van der Waals surface area contributed by atoms with E-state index < -0.39 is 0 Å². The Hall–Kier alpha value is -1.02. The van der Waals surface area contributed by atoms with Crippen LogP contribution in [-0.4, -0.2) is 23.1 Å². The van der Waals surface area contributed by atoms with Crippen molar-refractivity contribution in [3.63, 3.8) is 0 Å². The zero-order chi connectivity index (χ0) is 13.9. The zero-order valence-corrected chi connectivity index (χ0v) is 12.5. The highest BCUT2D eigenvalue weighted by molar-refractivity contribution is 5.26. The smallest absolute Gasteiger partial charge is 0.115 e. The zero-order valence-electron chi connectivity index (χ0n) is 12.5. The molecule has 0 radical (unpaired) electrons. The molecule has 19 heavy (non-hydrogen) atoms. The van der Waals surface area contributed by atoms with Gasteiger partial charge in [0.1, 0.15) is 5.75 Å². The van der Waals surface area contributed by atoms with E-state index in [9.17, 15) is 5.11 Å². The number of hydrogen-bond donors (Lipinski definition) is 1. The maximum Gasteiger partial charge on any atom is 0.115 e. The van der Waals surface area contributed by atoms with Crippen LogP contribution in [-0.2, 0) is 6.54 Å². The number of hydrogen-bond acceptors (Lipinski definition) is 2. The van der Waals surface area contributed by atoms with Crippen LogP contribution in [0.3, 0.4) is 0 Å². The first-order valence-corrected chi connectivity index (χ1v) is 7.45. The van der Waals surface area contributed by atoms with Crippen molar-refractivity contribution in [2.24, 2.45) is 11.3 Å². The van der Waals surface area contributed by atoms with Crippen LogP contribution in [0, 0.1) is 11.3 Å². The Balaban J connectivity index is 1.93. The topological polar surface area (TPSA) is 23.5 Å². The van der Waals surface area contributed by atoms with Gasteiger partial charge in [-0.1, -0.05) is 32.9 Å². The summed E-state index contributed by atoms with van der Waals surface area (Å²) in [6.45, 7) is 10.4. The van der Waals surface area contributed by atoms with Crippen LogP contribution in [0.25, 0.3) is 0 Å². The van der Waals surface area contributed by atoms with Crippen LogP contribution in [0.1, 0.15) is 45.6 Å². The fraction of sp³-hybridized carbons (Fsp3) is 0.647. The average molecular weight is 261 g/mol. The van der Waals surface area contributed by atoms with Gasteiger partial charge in [0.05, 0.1) is 0 Å². The summed E-state index contributed by atoms with van der Waals surface area (Å²) in [6, 6.07) is 7.65. The molecule has 1 aliphatic heterocycles. The Kier molecular flexibility index (Phi) is 4.51. The molecule has 2 nitrogen and oxygen atoms in total. The second-order valence-corrected chi connectivity index (χ2v) is 6.94. The lowest BCUT2D eigenvalue weighted by atomic mass is 9.77. The molecule has 1 aromatic carbocycles. The summed E-state index contributed by atoms with van der Waals surface area (Å²) in [5, 5.41) is 9.53. The first kappa shape index (κ1) is 14.4. The molecule has 1 atom stereocenters. The third kappa shape index (κ3) is 4.24. The number of phenolic OH excluding ortho intramolecular Hbond substituents is 1. The largest absolute Gasteiger partial charge is 0.508 e. The van der Waals surface area contributed by atoms with Gasteiger partial charge in [-0.2, -0.15) is 0 Å². The Bertz CT molecular complexity index is 408. The van der Waals surface area contributed by atoms with Crippen molar-refractivity contribution < 1.29 is 5.11 Å². The lowest BCUT2D eigenvalue weighted by molar-refractivity contribution is 0.206. The van der Waals surface area contributed by atoms with E-state index in [4.69, 9.17) is 0 Å². The summed E-state index contributed by atoms with van der Waals surface area (Å²) < 4.78 is 0. The Morgan fingerprint density at radius 1 is 1.21 bits per heavy atom. The molecule has 0 aliphatic carbocycles. The van der Waals surface area contributed by atoms with Gasteiger partial charge >= 0.3 is 0 Å². The summed E-state index contributed by atoms with van der Waals surface area (Å²) in [5.41, 5.74) is 1.65. The van der Waals surface area contributed by atoms with Crippen molar-refractivity contribution in [3.8, 4) is 5.75 Å².